The fraction of sp³-hybridized carbons (Fsp3) is 0.143. The van der Waals surface area contributed by atoms with Crippen LogP contribution in [0.15, 0.2) is 30.6 Å². The second-order valence-electron chi connectivity index (χ2n) is 4.04. The van der Waals surface area contributed by atoms with Gasteiger partial charge in [-0.15, -0.1) is 0 Å². The lowest BCUT2D eigenvalue weighted by molar-refractivity contribution is 0.112. The Morgan fingerprint density at radius 2 is 1.88 bits per heavy atom. The average Bonchev–Trinajstić information content (AvgIpc) is 2.34. The van der Waals surface area contributed by atoms with E-state index in [0.717, 1.165) is 33.6 Å². The molecule has 0 aliphatic rings. The van der Waals surface area contributed by atoms with E-state index in [2.05, 4.69) is 4.98 Å². The molecule has 1 aromatic heterocycles. The number of carbonyl (C=O) groups is 1. The third kappa shape index (κ3) is 2.37. The van der Waals surface area contributed by atoms with Crippen molar-refractivity contribution in [3.63, 3.8) is 0 Å². The van der Waals surface area contributed by atoms with Crippen LogP contribution in [0.2, 0.25) is 5.02 Å². The van der Waals surface area contributed by atoms with Crippen molar-refractivity contribution in [1.29, 1.82) is 0 Å². The molecule has 86 valence electrons. The number of carbonyl (C=O) groups excluding carboxylic acids is 1. The Morgan fingerprint density at radius 3 is 2.59 bits per heavy atom. The molecular weight excluding hydrogens is 234 g/mol. The SMILES string of the molecule is Cc1cc(-c2cncc(C=O)c2)c(C)cc1Cl. The quantitative estimate of drug-likeness (QED) is 0.753. The van der Waals surface area contributed by atoms with Crippen LogP contribution in [0.3, 0.4) is 0 Å². The summed E-state index contributed by atoms with van der Waals surface area (Å²) in [6.45, 7) is 3.95. The maximum atomic E-state index is 10.7. The third-order valence-electron chi connectivity index (χ3n) is 2.71. The summed E-state index contributed by atoms with van der Waals surface area (Å²) in [5.74, 6) is 0. The van der Waals surface area contributed by atoms with Gasteiger partial charge >= 0.3 is 0 Å². The Hall–Kier alpha value is -1.67. The Morgan fingerprint density at radius 1 is 1.12 bits per heavy atom. The van der Waals surface area contributed by atoms with Crippen molar-refractivity contribution < 1.29 is 4.79 Å². The molecular formula is C14H12ClNO. The molecule has 2 rings (SSSR count). The number of halogens is 1. The van der Waals surface area contributed by atoms with Crippen LogP contribution in [0.4, 0.5) is 0 Å². The van der Waals surface area contributed by atoms with E-state index in [4.69, 9.17) is 11.6 Å². The highest BCUT2D eigenvalue weighted by atomic mass is 35.5. The van der Waals surface area contributed by atoms with E-state index in [1.54, 1.807) is 12.4 Å². The van der Waals surface area contributed by atoms with Crippen LogP contribution in [-0.4, -0.2) is 11.3 Å². The summed E-state index contributed by atoms with van der Waals surface area (Å²) in [7, 11) is 0. The summed E-state index contributed by atoms with van der Waals surface area (Å²) in [6.07, 6.45) is 4.10. The molecule has 0 fully saturated rings. The minimum Gasteiger partial charge on any atom is -0.298 e. The second kappa shape index (κ2) is 4.68. The minimum atomic E-state index is 0.578. The van der Waals surface area contributed by atoms with Gasteiger partial charge in [-0.1, -0.05) is 11.6 Å². The van der Waals surface area contributed by atoms with Crippen molar-refractivity contribution in [3.8, 4) is 11.1 Å². The molecule has 17 heavy (non-hydrogen) atoms. The van der Waals surface area contributed by atoms with Gasteiger partial charge in [0.25, 0.3) is 0 Å². The number of benzene rings is 1. The lowest BCUT2D eigenvalue weighted by Crippen LogP contribution is -1.89. The first-order valence-corrected chi connectivity index (χ1v) is 5.67. The molecule has 0 radical (unpaired) electrons. The molecule has 1 heterocycles. The predicted octanol–water partition coefficient (Wildman–Crippen LogP) is 3.83. The zero-order chi connectivity index (χ0) is 12.4. The topological polar surface area (TPSA) is 30.0 Å². The molecule has 0 atom stereocenters. The van der Waals surface area contributed by atoms with Gasteiger partial charge in [-0.25, -0.2) is 0 Å². The highest BCUT2D eigenvalue weighted by Gasteiger charge is 2.06. The molecule has 0 saturated heterocycles. The lowest BCUT2D eigenvalue weighted by atomic mass is 9.99. The Bertz CT molecular complexity index is 578. The minimum absolute atomic E-state index is 0.578. The van der Waals surface area contributed by atoms with Crippen LogP contribution in [0.25, 0.3) is 11.1 Å². The number of rotatable bonds is 2. The van der Waals surface area contributed by atoms with Gasteiger partial charge in [0.15, 0.2) is 6.29 Å². The number of aromatic nitrogens is 1. The fourth-order valence-electron chi connectivity index (χ4n) is 1.76. The number of aldehydes is 1. The van der Waals surface area contributed by atoms with E-state index >= 15 is 0 Å². The van der Waals surface area contributed by atoms with Gasteiger partial charge < -0.3 is 0 Å². The van der Waals surface area contributed by atoms with Gasteiger partial charge in [-0.3, -0.25) is 9.78 Å². The van der Waals surface area contributed by atoms with Gasteiger partial charge in [-0.05, 0) is 48.7 Å². The van der Waals surface area contributed by atoms with E-state index in [9.17, 15) is 4.79 Å². The van der Waals surface area contributed by atoms with E-state index in [1.807, 2.05) is 32.0 Å². The van der Waals surface area contributed by atoms with E-state index < -0.39 is 0 Å². The van der Waals surface area contributed by atoms with E-state index in [0.29, 0.717) is 5.56 Å². The maximum Gasteiger partial charge on any atom is 0.151 e. The molecule has 0 aliphatic heterocycles. The van der Waals surface area contributed by atoms with Crippen molar-refractivity contribution >= 4 is 17.9 Å². The molecule has 0 amide bonds. The summed E-state index contributed by atoms with van der Waals surface area (Å²) in [5, 5.41) is 0.755. The van der Waals surface area contributed by atoms with Crippen molar-refractivity contribution in [2.45, 2.75) is 13.8 Å². The lowest BCUT2D eigenvalue weighted by Gasteiger charge is -2.09. The van der Waals surface area contributed by atoms with Crippen molar-refractivity contribution in [1.82, 2.24) is 4.98 Å². The molecule has 2 nitrogen and oxygen atoms in total. The number of pyridine rings is 1. The molecule has 0 unspecified atom stereocenters. The number of hydrogen-bond acceptors (Lipinski definition) is 2. The summed E-state index contributed by atoms with van der Waals surface area (Å²) < 4.78 is 0. The van der Waals surface area contributed by atoms with E-state index in [1.165, 1.54) is 0 Å². The molecule has 0 N–H and O–H groups in total. The van der Waals surface area contributed by atoms with Crippen LogP contribution in [0.5, 0.6) is 0 Å². The number of hydrogen-bond donors (Lipinski definition) is 0. The predicted molar refractivity (Wildman–Crippen MR) is 69.5 cm³/mol. The normalized spacial score (nSPS) is 10.3. The Balaban J connectivity index is 2.59. The second-order valence-corrected chi connectivity index (χ2v) is 4.45. The number of aryl methyl sites for hydroxylation is 2. The van der Waals surface area contributed by atoms with Crippen LogP contribution >= 0.6 is 11.6 Å². The van der Waals surface area contributed by atoms with Gasteiger partial charge in [0.05, 0.1) is 0 Å². The standard InChI is InChI=1S/C14H12ClNO/c1-9-4-14(15)10(2)3-13(9)12-5-11(8-17)6-16-7-12/h3-8H,1-2H3. The Kier molecular flexibility index (Phi) is 3.25. The number of nitrogens with zero attached hydrogens (tertiary/aromatic N) is 1. The highest BCUT2D eigenvalue weighted by Crippen LogP contribution is 2.28. The van der Waals surface area contributed by atoms with E-state index in [-0.39, 0.29) is 0 Å². The fourth-order valence-corrected chi connectivity index (χ4v) is 1.98. The average molecular weight is 246 g/mol. The largest absolute Gasteiger partial charge is 0.298 e. The molecule has 0 saturated carbocycles. The zero-order valence-electron chi connectivity index (χ0n) is 9.70. The summed E-state index contributed by atoms with van der Waals surface area (Å²) >= 11 is 6.06. The van der Waals surface area contributed by atoms with Crippen molar-refractivity contribution in [2.24, 2.45) is 0 Å². The highest BCUT2D eigenvalue weighted by molar-refractivity contribution is 6.31. The first-order chi connectivity index (χ1) is 8.11. The van der Waals surface area contributed by atoms with Crippen LogP contribution in [-0.2, 0) is 0 Å². The smallest absolute Gasteiger partial charge is 0.151 e. The maximum absolute atomic E-state index is 10.7. The van der Waals surface area contributed by atoms with Crippen molar-refractivity contribution in [2.75, 3.05) is 0 Å². The van der Waals surface area contributed by atoms with Gasteiger partial charge in [0, 0.05) is 28.5 Å². The molecule has 0 aliphatic carbocycles. The molecule has 0 spiro atoms. The summed E-state index contributed by atoms with van der Waals surface area (Å²) in [5.41, 5.74) is 4.67. The third-order valence-corrected chi connectivity index (χ3v) is 3.12. The first kappa shape index (κ1) is 11.8. The first-order valence-electron chi connectivity index (χ1n) is 5.29. The zero-order valence-corrected chi connectivity index (χ0v) is 10.5. The van der Waals surface area contributed by atoms with Gasteiger partial charge in [0.2, 0.25) is 0 Å². The summed E-state index contributed by atoms with van der Waals surface area (Å²) in [4.78, 5) is 14.8. The molecule has 0 bridgehead atoms. The van der Waals surface area contributed by atoms with Gasteiger partial charge in [-0.2, -0.15) is 0 Å². The molecule has 1 aromatic carbocycles. The summed E-state index contributed by atoms with van der Waals surface area (Å²) in [6, 6.07) is 5.78. The van der Waals surface area contributed by atoms with Crippen LogP contribution in [0, 0.1) is 13.8 Å². The monoisotopic (exact) mass is 245 g/mol. The Labute approximate surface area is 105 Å². The van der Waals surface area contributed by atoms with Crippen molar-refractivity contribution in [3.05, 3.63) is 52.3 Å². The van der Waals surface area contributed by atoms with Crippen LogP contribution < -0.4 is 0 Å². The van der Waals surface area contributed by atoms with Crippen LogP contribution in [0.1, 0.15) is 21.5 Å². The van der Waals surface area contributed by atoms with Gasteiger partial charge in [0.1, 0.15) is 0 Å². The molecule has 2 aromatic rings. The molecule has 3 heteroatoms.